The molecular formula is C21H46N2O2. The minimum atomic E-state index is -0.326. The summed E-state index contributed by atoms with van der Waals surface area (Å²) in [6.45, 7) is 26.0. The zero-order chi connectivity index (χ0) is 21.0. The first-order chi connectivity index (χ1) is 12.0. The molecule has 0 spiro atoms. The van der Waals surface area contributed by atoms with Gasteiger partial charge in [-0.05, 0) is 33.0 Å². The second-order valence-corrected chi connectivity index (χ2v) is 4.43. The van der Waals surface area contributed by atoms with Crippen LogP contribution in [0.5, 0.6) is 0 Å². The molecule has 0 bridgehead atoms. The Kier molecular flexibility index (Phi) is 28.9. The summed E-state index contributed by atoms with van der Waals surface area (Å²) >= 11 is 0. The molecule has 4 heteroatoms. The zero-order valence-corrected chi connectivity index (χ0v) is 19.2. The zero-order valence-electron chi connectivity index (χ0n) is 19.2. The summed E-state index contributed by atoms with van der Waals surface area (Å²) in [5.41, 5.74) is 0.568. The Balaban J connectivity index is -0.000000241. The topological polar surface area (TPSA) is 40.6 Å². The molecule has 0 saturated heterocycles. The van der Waals surface area contributed by atoms with Crippen LogP contribution in [-0.4, -0.2) is 38.1 Å². The number of hydrogen-bond donors (Lipinski definition) is 0. The van der Waals surface area contributed by atoms with Crippen molar-refractivity contribution in [3.05, 3.63) is 26.0 Å². The molecule has 0 N–H and O–H groups in total. The smallest absolute Gasteiger partial charge is 0.249 e. The molecule has 1 aromatic rings. The van der Waals surface area contributed by atoms with Crippen LogP contribution in [0.4, 0.5) is 5.69 Å². The third kappa shape index (κ3) is 11.9. The summed E-state index contributed by atoms with van der Waals surface area (Å²) < 4.78 is 0. The molecule has 0 atom stereocenters. The van der Waals surface area contributed by atoms with E-state index < -0.39 is 0 Å². The highest BCUT2D eigenvalue weighted by molar-refractivity contribution is 5.57. The molecule has 0 aliphatic rings. The van der Waals surface area contributed by atoms with E-state index in [1.807, 2.05) is 67.3 Å². The SMILES string of the molecule is CC.CC.CC.CC.CCN(CC)CCCN(C)c1c(C)c(=O)c1=O. The normalized spacial score (nSPS) is 8.68. The van der Waals surface area contributed by atoms with Gasteiger partial charge < -0.3 is 9.80 Å². The maximum absolute atomic E-state index is 11.4. The fraction of sp³-hybridized carbons (Fsp3) is 0.810. The summed E-state index contributed by atoms with van der Waals surface area (Å²) in [5.74, 6) is 0. The van der Waals surface area contributed by atoms with Crippen molar-refractivity contribution in [2.24, 2.45) is 0 Å². The molecule has 1 aromatic carbocycles. The van der Waals surface area contributed by atoms with Crippen LogP contribution >= 0.6 is 0 Å². The highest BCUT2D eigenvalue weighted by atomic mass is 16.2. The first-order valence-electron chi connectivity index (χ1n) is 10.3. The van der Waals surface area contributed by atoms with Crippen LogP contribution in [0, 0.1) is 6.92 Å². The molecule has 0 unspecified atom stereocenters. The van der Waals surface area contributed by atoms with E-state index in [2.05, 4.69) is 18.7 Å². The molecule has 1 rings (SSSR count). The van der Waals surface area contributed by atoms with Crippen molar-refractivity contribution < 1.29 is 0 Å². The van der Waals surface area contributed by atoms with Crippen LogP contribution in [0.2, 0.25) is 0 Å². The van der Waals surface area contributed by atoms with Gasteiger partial charge in [0, 0.05) is 19.2 Å². The Morgan fingerprint density at radius 3 is 1.44 bits per heavy atom. The van der Waals surface area contributed by atoms with E-state index in [-0.39, 0.29) is 10.9 Å². The summed E-state index contributed by atoms with van der Waals surface area (Å²) in [7, 11) is 1.88. The van der Waals surface area contributed by atoms with E-state index in [9.17, 15) is 9.59 Å². The quantitative estimate of drug-likeness (QED) is 0.652. The lowest BCUT2D eigenvalue weighted by molar-refractivity contribution is 0.301. The second kappa shape index (κ2) is 22.8. The van der Waals surface area contributed by atoms with E-state index in [0.29, 0.717) is 11.3 Å². The lowest BCUT2D eigenvalue weighted by Gasteiger charge is -2.24. The Labute approximate surface area is 157 Å². The molecule has 152 valence electrons. The van der Waals surface area contributed by atoms with E-state index in [1.54, 1.807) is 6.92 Å². The fourth-order valence-electron chi connectivity index (χ4n) is 2.14. The van der Waals surface area contributed by atoms with Gasteiger partial charge in [-0.2, -0.15) is 0 Å². The lowest BCUT2D eigenvalue weighted by atomic mass is 10.1. The molecule has 0 aliphatic heterocycles. The van der Waals surface area contributed by atoms with E-state index in [0.717, 1.165) is 32.6 Å². The maximum atomic E-state index is 11.4. The summed E-state index contributed by atoms with van der Waals surface area (Å²) in [5, 5.41) is 0. The third-order valence-corrected chi connectivity index (χ3v) is 3.36. The number of hydrogen-bond acceptors (Lipinski definition) is 4. The summed E-state index contributed by atoms with van der Waals surface area (Å²) in [6.07, 6.45) is 1.01. The molecule has 0 aromatic heterocycles. The first kappa shape index (κ1) is 31.6. The van der Waals surface area contributed by atoms with Gasteiger partial charge >= 0.3 is 0 Å². The van der Waals surface area contributed by atoms with Crippen LogP contribution in [0.3, 0.4) is 0 Å². The maximum Gasteiger partial charge on any atom is 0.249 e. The van der Waals surface area contributed by atoms with Crippen molar-refractivity contribution in [1.82, 2.24) is 4.90 Å². The number of rotatable bonds is 7. The van der Waals surface area contributed by atoms with Crippen molar-refractivity contribution in [2.75, 3.05) is 38.1 Å². The molecule has 0 saturated carbocycles. The van der Waals surface area contributed by atoms with E-state index in [4.69, 9.17) is 0 Å². The molecule has 0 radical (unpaired) electrons. The molecule has 0 aliphatic carbocycles. The molecule has 4 nitrogen and oxygen atoms in total. The predicted molar refractivity (Wildman–Crippen MR) is 117 cm³/mol. The van der Waals surface area contributed by atoms with Crippen molar-refractivity contribution in [3.8, 4) is 0 Å². The van der Waals surface area contributed by atoms with Crippen LogP contribution in [0.1, 0.15) is 81.2 Å². The second-order valence-electron chi connectivity index (χ2n) is 4.43. The molecule has 0 heterocycles. The van der Waals surface area contributed by atoms with Gasteiger partial charge in [0.2, 0.25) is 10.9 Å². The largest absolute Gasteiger partial charge is 0.371 e. The van der Waals surface area contributed by atoms with Crippen molar-refractivity contribution >= 4 is 5.69 Å². The highest BCUT2D eigenvalue weighted by Gasteiger charge is 2.19. The van der Waals surface area contributed by atoms with Gasteiger partial charge in [-0.15, -0.1) is 0 Å². The Hall–Kier alpha value is -1.16. The average molecular weight is 359 g/mol. The van der Waals surface area contributed by atoms with Crippen molar-refractivity contribution in [3.63, 3.8) is 0 Å². The van der Waals surface area contributed by atoms with E-state index >= 15 is 0 Å². The van der Waals surface area contributed by atoms with Gasteiger partial charge in [0.05, 0.1) is 5.69 Å². The van der Waals surface area contributed by atoms with Gasteiger partial charge in [-0.1, -0.05) is 69.2 Å². The minimum Gasteiger partial charge on any atom is -0.371 e. The van der Waals surface area contributed by atoms with Gasteiger partial charge in [0.25, 0.3) is 0 Å². The molecule has 0 fully saturated rings. The molecule has 25 heavy (non-hydrogen) atoms. The van der Waals surface area contributed by atoms with Crippen molar-refractivity contribution in [2.45, 2.75) is 82.6 Å². The highest BCUT2D eigenvalue weighted by Crippen LogP contribution is 2.11. The summed E-state index contributed by atoms with van der Waals surface area (Å²) in [4.78, 5) is 26.7. The molecular weight excluding hydrogens is 312 g/mol. The summed E-state index contributed by atoms with van der Waals surface area (Å²) in [6, 6.07) is 0. The number of nitrogens with zero attached hydrogens (tertiary/aromatic N) is 2. The third-order valence-electron chi connectivity index (χ3n) is 3.36. The van der Waals surface area contributed by atoms with Crippen LogP contribution in [0.15, 0.2) is 9.59 Å². The monoisotopic (exact) mass is 358 g/mol. The Morgan fingerprint density at radius 2 is 1.12 bits per heavy atom. The van der Waals surface area contributed by atoms with E-state index in [1.165, 1.54) is 0 Å². The average Bonchev–Trinajstić information content (AvgIpc) is 2.71. The van der Waals surface area contributed by atoms with Gasteiger partial charge in [-0.25, -0.2) is 0 Å². The first-order valence-corrected chi connectivity index (χ1v) is 10.3. The standard InChI is InChI=1S/C13H22N2O2.4C2H6/c1-5-15(6-2)9-7-8-14(4)11-10(3)12(16)13(11)17;4*1-2/h5-9H2,1-4H3;4*1-2H3. The molecule has 0 amide bonds. The Bertz CT molecular complexity index is 431. The van der Waals surface area contributed by atoms with Crippen molar-refractivity contribution in [1.29, 1.82) is 0 Å². The van der Waals surface area contributed by atoms with Crippen LogP contribution < -0.4 is 15.8 Å². The van der Waals surface area contributed by atoms with Gasteiger partial charge in [0.1, 0.15) is 0 Å². The van der Waals surface area contributed by atoms with Crippen LogP contribution in [0.25, 0.3) is 0 Å². The van der Waals surface area contributed by atoms with Gasteiger partial charge in [-0.3, -0.25) is 9.59 Å². The van der Waals surface area contributed by atoms with Gasteiger partial charge in [0.15, 0.2) is 0 Å². The van der Waals surface area contributed by atoms with Crippen LogP contribution in [-0.2, 0) is 0 Å². The predicted octanol–water partition coefficient (Wildman–Crippen LogP) is 4.86. The lowest BCUT2D eigenvalue weighted by Crippen LogP contribution is -2.41. The fourth-order valence-corrected chi connectivity index (χ4v) is 2.14. The minimum absolute atomic E-state index is 0.324. The Morgan fingerprint density at radius 1 is 0.720 bits per heavy atom. The number of anilines is 1.